The molecule has 2 aromatic rings. The number of aromatic amines is 1. The number of ether oxygens (including phenoxy) is 1. The standard InChI is InChI=1S/C18H19N3O4Se/c1-11-9-21(18(24)20-17(11)23)15-7-14(22)16(25-15)12(8-19)10-26-13-5-3-2-4-6-13/h2-6,9,12,14-16,22H,7,10H2,1H3,(H,20,23,24)/t12?,14-,15+,16+/m0/s1. The van der Waals surface area contributed by atoms with Gasteiger partial charge in [-0.3, -0.25) is 0 Å². The van der Waals surface area contributed by atoms with E-state index in [4.69, 9.17) is 4.74 Å². The molecule has 26 heavy (non-hydrogen) atoms. The average Bonchev–Trinajstić information content (AvgIpc) is 3.01. The van der Waals surface area contributed by atoms with Crippen molar-refractivity contribution in [3.05, 3.63) is 62.9 Å². The average molecular weight is 420 g/mol. The fourth-order valence-corrected chi connectivity index (χ4v) is 4.99. The number of hydrogen-bond acceptors (Lipinski definition) is 5. The predicted molar refractivity (Wildman–Crippen MR) is 96.3 cm³/mol. The third-order valence-corrected chi connectivity index (χ3v) is 6.70. The summed E-state index contributed by atoms with van der Waals surface area (Å²) in [6.07, 6.45) is -0.564. The maximum absolute atomic E-state index is 12.0. The Hall–Kier alpha value is -2.17. The molecule has 1 aromatic heterocycles. The van der Waals surface area contributed by atoms with Gasteiger partial charge in [0.25, 0.3) is 0 Å². The molecule has 0 saturated carbocycles. The number of hydrogen-bond donors (Lipinski definition) is 2. The molecule has 1 saturated heterocycles. The molecule has 7 nitrogen and oxygen atoms in total. The van der Waals surface area contributed by atoms with E-state index in [0.29, 0.717) is 10.9 Å². The molecule has 0 aliphatic carbocycles. The van der Waals surface area contributed by atoms with Crippen LogP contribution >= 0.6 is 0 Å². The molecule has 0 amide bonds. The molecule has 1 aromatic carbocycles. The van der Waals surface area contributed by atoms with Crippen molar-refractivity contribution in [1.29, 1.82) is 5.26 Å². The number of aliphatic hydroxyl groups is 1. The van der Waals surface area contributed by atoms with Crippen LogP contribution in [0.3, 0.4) is 0 Å². The Balaban J connectivity index is 1.73. The summed E-state index contributed by atoms with van der Waals surface area (Å²) in [6, 6.07) is 12.1. The Morgan fingerprint density at radius 3 is 2.85 bits per heavy atom. The monoisotopic (exact) mass is 421 g/mol. The number of nitrogens with zero attached hydrogens (tertiary/aromatic N) is 2. The van der Waals surface area contributed by atoms with Crippen molar-refractivity contribution in [3.63, 3.8) is 0 Å². The first-order valence-electron chi connectivity index (χ1n) is 8.22. The summed E-state index contributed by atoms with van der Waals surface area (Å²) < 4.78 is 8.31. The van der Waals surface area contributed by atoms with E-state index in [1.807, 2.05) is 30.3 Å². The van der Waals surface area contributed by atoms with Crippen molar-refractivity contribution in [2.45, 2.75) is 37.1 Å². The quantitative estimate of drug-likeness (QED) is 0.667. The van der Waals surface area contributed by atoms with Crippen LogP contribution in [-0.4, -0.2) is 41.8 Å². The summed E-state index contributed by atoms with van der Waals surface area (Å²) in [5.74, 6) is -0.463. The normalized spacial score (nSPS) is 23.5. The van der Waals surface area contributed by atoms with Gasteiger partial charge < -0.3 is 0 Å². The van der Waals surface area contributed by atoms with E-state index >= 15 is 0 Å². The molecule has 4 atom stereocenters. The molecule has 1 aliphatic rings. The molecule has 0 radical (unpaired) electrons. The molecule has 3 rings (SSSR count). The van der Waals surface area contributed by atoms with Crippen molar-refractivity contribution in [1.82, 2.24) is 9.55 Å². The van der Waals surface area contributed by atoms with E-state index in [-0.39, 0.29) is 21.4 Å². The van der Waals surface area contributed by atoms with E-state index in [1.165, 1.54) is 15.2 Å². The van der Waals surface area contributed by atoms with Crippen molar-refractivity contribution < 1.29 is 9.84 Å². The van der Waals surface area contributed by atoms with E-state index in [2.05, 4.69) is 11.1 Å². The summed E-state index contributed by atoms with van der Waals surface area (Å²) in [5, 5.41) is 20.5. The second kappa shape index (κ2) is 8.02. The van der Waals surface area contributed by atoms with E-state index in [1.54, 1.807) is 6.92 Å². The zero-order valence-corrected chi connectivity index (χ0v) is 15.9. The third kappa shape index (κ3) is 3.97. The first-order valence-corrected chi connectivity index (χ1v) is 10.3. The number of H-pyrrole nitrogens is 1. The van der Waals surface area contributed by atoms with Crippen LogP contribution in [0.1, 0.15) is 18.2 Å². The van der Waals surface area contributed by atoms with Gasteiger partial charge in [-0.2, -0.15) is 0 Å². The zero-order chi connectivity index (χ0) is 18.7. The van der Waals surface area contributed by atoms with Crippen LogP contribution in [0.25, 0.3) is 0 Å². The molecule has 1 unspecified atom stereocenters. The van der Waals surface area contributed by atoms with Gasteiger partial charge in [0.15, 0.2) is 0 Å². The predicted octanol–water partition coefficient (Wildman–Crippen LogP) is 0.0812. The minimum absolute atomic E-state index is 0.0915. The van der Waals surface area contributed by atoms with Crippen LogP contribution in [0, 0.1) is 24.2 Å². The number of nitrogens with one attached hydrogen (secondary N) is 1. The van der Waals surface area contributed by atoms with E-state index in [0.717, 1.165) is 0 Å². The number of aliphatic hydroxyl groups excluding tert-OH is 1. The first-order chi connectivity index (χ1) is 12.5. The van der Waals surface area contributed by atoms with Crippen LogP contribution < -0.4 is 15.7 Å². The molecule has 1 aliphatic heterocycles. The molecule has 1 fully saturated rings. The first kappa shape index (κ1) is 18.6. The minimum atomic E-state index is -0.838. The van der Waals surface area contributed by atoms with Crippen LogP contribution in [0.2, 0.25) is 5.32 Å². The fourth-order valence-electron chi connectivity index (χ4n) is 2.92. The summed E-state index contributed by atoms with van der Waals surface area (Å²) in [7, 11) is 0. The Bertz CT molecular complexity index is 919. The molecule has 0 spiro atoms. The summed E-state index contributed by atoms with van der Waals surface area (Å²) in [4.78, 5) is 25.8. The summed E-state index contributed by atoms with van der Waals surface area (Å²) >= 11 is 0.0915. The maximum atomic E-state index is 12.0. The van der Waals surface area contributed by atoms with E-state index < -0.39 is 35.6 Å². The van der Waals surface area contributed by atoms with E-state index in [9.17, 15) is 20.0 Å². The van der Waals surface area contributed by atoms with Crippen LogP contribution in [-0.2, 0) is 4.74 Å². The number of benzene rings is 1. The Morgan fingerprint density at radius 1 is 1.42 bits per heavy atom. The Morgan fingerprint density at radius 2 is 2.15 bits per heavy atom. The van der Waals surface area contributed by atoms with Gasteiger partial charge in [0.05, 0.1) is 0 Å². The fraction of sp³-hybridized carbons (Fsp3) is 0.389. The number of aromatic nitrogens is 2. The molecule has 2 heterocycles. The molecular weight excluding hydrogens is 401 g/mol. The van der Waals surface area contributed by atoms with Gasteiger partial charge in [0, 0.05) is 0 Å². The Labute approximate surface area is 156 Å². The molecule has 0 bridgehead atoms. The van der Waals surface area contributed by atoms with Gasteiger partial charge in [0.2, 0.25) is 0 Å². The summed E-state index contributed by atoms with van der Waals surface area (Å²) in [5.41, 5.74) is -0.641. The topological polar surface area (TPSA) is 108 Å². The molecule has 136 valence electrons. The Kier molecular flexibility index (Phi) is 5.74. The van der Waals surface area contributed by atoms with Crippen molar-refractivity contribution in [3.8, 4) is 6.07 Å². The van der Waals surface area contributed by atoms with Crippen molar-refractivity contribution in [2.75, 3.05) is 0 Å². The molecule has 2 N–H and O–H groups in total. The van der Waals surface area contributed by atoms with Gasteiger partial charge in [-0.1, -0.05) is 0 Å². The van der Waals surface area contributed by atoms with Gasteiger partial charge in [-0.25, -0.2) is 0 Å². The number of rotatable bonds is 5. The SMILES string of the molecule is Cc1cn([C@H]2C[C@H](O)[C@@H](C(C#N)C[Se]c3ccccc3)O2)c(=O)[nH]c1=O. The zero-order valence-electron chi connectivity index (χ0n) is 14.2. The second-order valence-corrected chi connectivity index (χ2v) is 8.49. The van der Waals surface area contributed by atoms with Crippen LogP contribution in [0.15, 0.2) is 46.1 Å². The second-order valence-electron chi connectivity index (χ2n) is 6.20. The third-order valence-electron chi connectivity index (χ3n) is 4.33. The van der Waals surface area contributed by atoms with Gasteiger partial charge in [-0.05, 0) is 0 Å². The van der Waals surface area contributed by atoms with Gasteiger partial charge >= 0.3 is 156 Å². The van der Waals surface area contributed by atoms with Crippen LogP contribution in [0.5, 0.6) is 0 Å². The van der Waals surface area contributed by atoms with Crippen LogP contribution in [0.4, 0.5) is 0 Å². The summed E-state index contributed by atoms with van der Waals surface area (Å²) in [6.45, 7) is 1.60. The number of aryl methyl sites for hydroxylation is 1. The van der Waals surface area contributed by atoms with Crippen molar-refractivity contribution in [2.24, 2.45) is 5.92 Å². The van der Waals surface area contributed by atoms with Gasteiger partial charge in [-0.15, -0.1) is 0 Å². The molecule has 8 heteroatoms. The van der Waals surface area contributed by atoms with Crippen molar-refractivity contribution >= 4 is 19.4 Å². The molecular formula is C18H19N3O4Se. The number of nitriles is 1. The van der Waals surface area contributed by atoms with Gasteiger partial charge in [0.1, 0.15) is 0 Å².